The van der Waals surface area contributed by atoms with Gasteiger partial charge >= 0.3 is 0 Å². The topological polar surface area (TPSA) is 101 Å². The van der Waals surface area contributed by atoms with Crippen LogP contribution in [-0.2, 0) is 11.4 Å². The summed E-state index contributed by atoms with van der Waals surface area (Å²) in [5, 5.41) is 8.93. The summed E-state index contributed by atoms with van der Waals surface area (Å²) in [6.45, 7) is 0.329. The molecule has 162 valence electrons. The van der Waals surface area contributed by atoms with E-state index < -0.39 is 28.8 Å². The van der Waals surface area contributed by atoms with Crippen molar-refractivity contribution in [2.45, 2.75) is 19.4 Å². The number of H-pyrrole nitrogens is 1. The number of pyridine rings is 1. The number of anilines is 2. The maximum atomic E-state index is 15.1. The zero-order valence-corrected chi connectivity index (χ0v) is 17.7. The number of amides is 1. The summed E-state index contributed by atoms with van der Waals surface area (Å²) in [5.74, 6) is -2.28. The number of nitrogens with zero attached hydrogens (tertiary/aromatic N) is 2. The van der Waals surface area contributed by atoms with E-state index in [1.807, 2.05) is 0 Å². The molecular formula is C20H18BrF2N5O3. The number of hydroxylamine groups is 1. The van der Waals surface area contributed by atoms with E-state index >= 15 is 4.39 Å². The van der Waals surface area contributed by atoms with Crippen LogP contribution in [0.4, 0.5) is 20.2 Å². The Bertz CT molecular complexity index is 1160. The molecule has 1 aliphatic carbocycles. The number of nitrogens with one attached hydrogen (secondary N) is 3. The molecule has 0 radical (unpaired) electrons. The predicted molar refractivity (Wildman–Crippen MR) is 112 cm³/mol. The molecular weight excluding hydrogens is 476 g/mol. The van der Waals surface area contributed by atoms with Crippen LogP contribution in [0.2, 0.25) is 0 Å². The van der Waals surface area contributed by atoms with Gasteiger partial charge in [0.05, 0.1) is 36.3 Å². The predicted octanol–water partition coefficient (Wildman–Crippen LogP) is 3.48. The number of halogens is 3. The number of carbonyl (C=O) groups excluding carboxylic acids is 1. The van der Waals surface area contributed by atoms with E-state index in [0.717, 1.165) is 17.4 Å². The molecule has 2 aromatic heterocycles. The summed E-state index contributed by atoms with van der Waals surface area (Å²) in [4.78, 5) is 30.5. The Balaban J connectivity index is 1.70. The van der Waals surface area contributed by atoms with Gasteiger partial charge in [-0.05, 0) is 37.0 Å². The second-order valence-corrected chi connectivity index (χ2v) is 8.12. The third kappa shape index (κ3) is 5.00. The number of benzene rings is 1. The molecule has 1 fully saturated rings. The van der Waals surface area contributed by atoms with E-state index in [1.165, 1.54) is 24.5 Å². The molecule has 8 nitrogen and oxygen atoms in total. The molecule has 0 saturated heterocycles. The van der Waals surface area contributed by atoms with Crippen molar-refractivity contribution < 1.29 is 18.4 Å². The fraction of sp³-hybridized carbons (Fsp3) is 0.250. The molecule has 0 aliphatic heterocycles. The maximum absolute atomic E-state index is 15.1. The zero-order chi connectivity index (χ0) is 22.0. The summed E-state index contributed by atoms with van der Waals surface area (Å²) in [7, 11) is 0. The average Bonchev–Trinajstić information content (AvgIpc) is 3.42. The third-order valence-electron chi connectivity index (χ3n) is 4.75. The minimum Gasteiger partial charge on any atom is -0.350 e. The van der Waals surface area contributed by atoms with Crippen LogP contribution < -0.4 is 16.4 Å². The first-order chi connectivity index (χ1) is 14.9. The first-order valence-electron chi connectivity index (χ1n) is 9.47. The Hall–Kier alpha value is -3.05. The summed E-state index contributed by atoms with van der Waals surface area (Å²) in [5.41, 5.74) is 1.16. The van der Waals surface area contributed by atoms with E-state index in [4.69, 9.17) is 4.84 Å². The minimum atomic E-state index is -1.22. The molecule has 1 amide bonds. The highest BCUT2D eigenvalue weighted by Gasteiger charge is 2.25. The van der Waals surface area contributed by atoms with Gasteiger partial charge in [-0.3, -0.25) is 19.5 Å². The molecule has 31 heavy (non-hydrogen) atoms. The molecule has 1 aromatic carbocycles. The number of aromatic nitrogens is 3. The number of rotatable bonds is 8. The SMILES string of the molecule is O=C(NOCC1CC1)c1cn(Cc2cn[nH]c2)c(=O)c(F)c1Nc1ccc(Br)cc1F. The van der Waals surface area contributed by atoms with Gasteiger partial charge in [0.25, 0.3) is 11.5 Å². The lowest BCUT2D eigenvalue weighted by Crippen LogP contribution is -2.31. The standard InChI is InChI=1S/C20H18BrF2N5O3/c21-13-3-4-16(15(22)5-13)26-18-14(19(29)27-31-10-11-1-2-11)9-28(20(30)17(18)23)8-12-6-24-25-7-12/h3-7,9,11,26H,1-2,8,10H2,(H,24,25)(H,27,29). The molecule has 0 unspecified atom stereocenters. The second-order valence-electron chi connectivity index (χ2n) is 7.21. The highest BCUT2D eigenvalue weighted by atomic mass is 79.9. The zero-order valence-electron chi connectivity index (χ0n) is 16.1. The number of hydrogen-bond donors (Lipinski definition) is 3. The largest absolute Gasteiger partial charge is 0.350 e. The molecule has 1 saturated carbocycles. The van der Waals surface area contributed by atoms with Crippen LogP contribution in [0.25, 0.3) is 0 Å². The van der Waals surface area contributed by atoms with Gasteiger partial charge in [0.2, 0.25) is 5.82 Å². The first kappa shape index (κ1) is 21.2. The summed E-state index contributed by atoms with van der Waals surface area (Å²) >= 11 is 3.14. The fourth-order valence-corrected chi connectivity index (χ4v) is 3.23. The maximum Gasteiger partial charge on any atom is 0.289 e. The van der Waals surface area contributed by atoms with E-state index in [9.17, 15) is 14.0 Å². The Morgan fingerprint density at radius 2 is 2.16 bits per heavy atom. The first-order valence-corrected chi connectivity index (χ1v) is 10.3. The Morgan fingerprint density at radius 1 is 1.35 bits per heavy atom. The van der Waals surface area contributed by atoms with Crippen LogP contribution in [-0.4, -0.2) is 27.3 Å². The van der Waals surface area contributed by atoms with Crippen molar-refractivity contribution in [2.24, 2.45) is 5.92 Å². The highest BCUT2D eigenvalue weighted by Crippen LogP contribution is 2.29. The molecule has 11 heteroatoms. The van der Waals surface area contributed by atoms with Gasteiger partial charge in [0.1, 0.15) is 5.82 Å². The second kappa shape index (κ2) is 8.98. The molecule has 4 rings (SSSR count). The highest BCUT2D eigenvalue weighted by molar-refractivity contribution is 9.10. The Morgan fingerprint density at radius 3 is 2.84 bits per heavy atom. The molecule has 3 aromatic rings. The minimum absolute atomic E-state index is 0.0115. The normalized spacial score (nSPS) is 13.3. The smallest absolute Gasteiger partial charge is 0.289 e. The average molecular weight is 494 g/mol. The Kier molecular flexibility index (Phi) is 6.14. The lowest BCUT2D eigenvalue weighted by Gasteiger charge is -2.16. The van der Waals surface area contributed by atoms with E-state index in [2.05, 4.69) is 36.9 Å². The summed E-state index contributed by atoms with van der Waals surface area (Å²) in [6.07, 6.45) is 6.27. The van der Waals surface area contributed by atoms with Crippen LogP contribution in [0, 0.1) is 17.6 Å². The molecule has 0 spiro atoms. The van der Waals surface area contributed by atoms with Crippen molar-refractivity contribution in [3.63, 3.8) is 0 Å². The number of hydrogen-bond acceptors (Lipinski definition) is 5. The van der Waals surface area contributed by atoms with Crippen LogP contribution in [0.5, 0.6) is 0 Å². The third-order valence-corrected chi connectivity index (χ3v) is 5.24. The number of aromatic amines is 1. The number of carbonyl (C=O) groups is 1. The van der Waals surface area contributed by atoms with Crippen LogP contribution >= 0.6 is 15.9 Å². The molecule has 2 heterocycles. The van der Waals surface area contributed by atoms with Crippen molar-refractivity contribution in [2.75, 3.05) is 11.9 Å². The van der Waals surface area contributed by atoms with E-state index in [0.29, 0.717) is 22.6 Å². The van der Waals surface area contributed by atoms with Crippen molar-refractivity contribution >= 4 is 33.2 Å². The van der Waals surface area contributed by atoms with Crippen molar-refractivity contribution in [3.8, 4) is 0 Å². The van der Waals surface area contributed by atoms with Gasteiger partial charge in [-0.25, -0.2) is 9.87 Å². The van der Waals surface area contributed by atoms with Crippen LogP contribution in [0.3, 0.4) is 0 Å². The monoisotopic (exact) mass is 493 g/mol. The van der Waals surface area contributed by atoms with Crippen molar-refractivity contribution in [1.82, 2.24) is 20.2 Å². The van der Waals surface area contributed by atoms with Crippen molar-refractivity contribution in [1.29, 1.82) is 0 Å². The van der Waals surface area contributed by atoms with Crippen LogP contribution in [0.15, 0.2) is 46.1 Å². The van der Waals surface area contributed by atoms with Crippen LogP contribution in [0.1, 0.15) is 28.8 Å². The summed E-state index contributed by atoms with van der Waals surface area (Å²) < 4.78 is 30.9. The lowest BCUT2D eigenvalue weighted by molar-refractivity contribution is 0.0270. The van der Waals surface area contributed by atoms with Gasteiger partial charge < -0.3 is 9.88 Å². The summed E-state index contributed by atoms with van der Waals surface area (Å²) in [6, 6.07) is 4.09. The van der Waals surface area contributed by atoms with Crippen molar-refractivity contribution in [3.05, 3.63) is 74.4 Å². The van der Waals surface area contributed by atoms with E-state index in [1.54, 1.807) is 12.3 Å². The van der Waals surface area contributed by atoms with Gasteiger partial charge in [-0.1, -0.05) is 15.9 Å². The Labute approximate surface area is 183 Å². The van der Waals surface area contributed by atoms with Gasteiger partial charge in [0, 0.05) is 22.4 Å². The van der Waals surface area contributed by atoms with E-state index in [-0.39, 0.29) is 17.8 Å². The lowest BCUT2D eigenvalue weighted by atomic mass is 10.2. The molecule has 0 bridgehead atoms. The molecule has 0 atom stereocenters. The molecule has 3 N–H and O–H groups in total. The molecule has 1 aliphatic rings. The van der Waals surface area contributed by atoms with Gasteiger partial charge in [-0.2, -0.15) is 9.49 Å². The fourth-order valence-electron chi connectivity index (χ4n) is 2.89. The quantitative estimate of drug-likeness (QED) is 0.417. The van der Waals surface area contributed by atoms with Gasteiger partial charge in [0.15, 0.2) is 0 Å². The van der Waals surface area contributed by atoms with Gasteiger partial charge in [-0.15, -0.1) is 0 Å².